The molecule has 0 aromatic heterocycles. The van der Waals surface area contributed by atoms with Crippen LogP contribution in [0.1, 0.15) is 5.56 Å². The summed E-state index contributed by atoms with van der Waals surface area (Å²) in [7, 11) is -3.00. The predicted octanol–water partition coefficient (Wildman–Crippen LogP) is 4.32. The molecular formula is C16H14Cl3NO4S. The quantitative estimate of drug-likeness (QED) is 0.673. The monoisotopic (exact) mass is 421 g/mol. The highest BCUT2D eigenvalue weighted by atomic mass is 35.5. The number of benzene rings is 2. The van der Waals surface area contributed by atoms with Gasteiger partial charge in [0.15, 0.2) is 0 Å². The molecule has 134 valence electrons. The van der Waals surface area contributed by atoms with E-state index in [4.69, 9.17) is 34.8 Å². The molecule has 0 fully saturated rings. The maximum atomic E-state index is 13.1. The molecule has 2 rings (SSSR count). The summed E-state index contributed by atoms with van der Waals surface area (Å²) in [6.45, 7) is 1.16. The Bertz CT molecular complexity index is 916. The summed E-state index contributed by atoms with van der Waals surface area (Å²) in [4.78, 5) is 11.6. The summed E-state index contributed by atoms with van der Waals surface area (Å²) >= 11 is 17.9. The van der Waals surface area contributed by atoms with Crippen LogP contribution in [-0.2, 0) is 19.6 Å². The number of halogens is 3. The fourth-order valence-corrected chi connectivity index (χ4v) is 4.61. The molecule has 0 N–H and O–H groups in total. The van der Waals surface area contributed by atoms with Crippen LogP contribution in [0, 0.1) is 6.92 Å². The molecule has 0 spiro atoms. The van der Waals surface area contributed by atoms with Gasteiger partial charge in [0.1, 0.15) is 11.4 Å². The van der Waals surface area contributed by atoms with Gasteiger partial charge in [-0.2, -0.15) is 0 Å². The Kier molecular flexibility index (Phi) is 6.21. The van der Waals surface area contributed by atoms with Crippen molar-refractivity contribution in [3.8, 4) is 0 Å². The molecule has 0 saturated heterocycles. The van der Waals surface area contributed by atoms with Crippen LogP contribution >= 0.6 is 34.8 Å². The van der Waals surface area contributed by atoms with E-state index in [9.17, 15) is 13.2 Å². The molecule has 2 aromatic rings. The minimum Gasteiger partial charge on any atom is -0.468 e. The van der Waals surface area contributed by atoms with Crippen LogP contribution in [-0.4, -0.2) is 28.0 Å². The van der Waals surface area contributed by atoms with Crippen LogP contribution in [0.4, 0.5) is 5.69 Å². The Balaban J connectivity index is 2.65. The van der Waals surface area contributed by atoms with Gasteiger partial charge in [0, 0.05) is 10.0 Å². The van der Waals surface area contributed by atoms with Crippen molar-refractivity contribution in [1.82, 2.24) is 0 Å². The van der Waals surface area contributed by atoms with Gasteiger partial charge in [-0.25, -0.2) is 8.42 Å². The summed E-state index contributed by atoms with van der Waals surface area (Å²) in [5.74, 6) is -0.726. The van der Waals surface area contributed by atoms with Crippen LogP contribution in [0.25, 0.3) is 0 Å². The van der Waals surface area contributed by atoms with E-state index in [1.165, 1.54) is 37.4 Å². The molecule has 0 aliphatic heterocycles. The number of aryl methyl sites for hydroxylation is 1. The minimum atomic E-state index is -4.17. The van der Waals surface area contributed by atoms with Crippen molar-refractivity contribution in [3.05, 3.63) is 57.0 Å². The van der Waals surface area contributed by atoms with Crippen LogP contribution in [0.15, 0.2) is 41.3 Å². The number of hydrogen-bond donors (Lipinski definition) is 0. The molecule has 0 atom stereocenters. The first kappa shape index (κ1) is 19.8. The third kappa shape index (κ3) is 4.39. The second-order valence-corrected chi connectivity index (χ2v) is 8.20. The second kappa shape index (κ2) is 7.83. The summed E-state index contributed by atoms with van der Waals surface area (Å²) in [6.07, 6.45) is 0. The van der Waals surface area contributed by atoms with Crippen molar-refractivity contribution in [2.45, 2.75) is 11.8 Å². The molecular weight excluding hydrogens is 409 g/mol. The van der Waals surface area contributed by atoms with Crippen LogP contribution in [0.5, 0.6) is 0 Å². The number of ether oxygens (including phenoxy) is 1. The number of esters is 1. The number of hydrogen-bond acceptors (Lipinski definition) is 4. The van der Waals surface area contributed by atoms with Crippen molar-refractivity contribution in [2.24, 2.45) is 0 Å². The molecule has 25 heavy (non-hydrogen) atoms. The molecule has 0 unspecified atom stereocenters. The van der Waals surface area contributed by atoms with Gasteiger partial charge in [-0.1, -0.05) is 34.8 Å². The van der Waals surface area contributed by atoms with Crippen molar-refractivity contribution in [1.29, 1.82) is 0 Å². The number of carbonyl (C=O) groups is 1. The topological polar surface area (TPSA) is 63.7 Å². The number of carbonyl (C=O) groups excluding carboxylic acids is 1. The predicted molar refractivity (Wildman–Crippen MR) is 99.2 cm³/mol. The summed E-state index contributed by atoms with van der Waals surface area (Å²) in [5.41, 5.74) is 0.851. The Hall–Kier alpha value is -1.47. The fourth-order valence-electron chi connectivity index (χ4n) is 2.17. The first-order valence-corrected chi connectivity index (χ1v) is 9.55. The average Bonchev–Trinajstić information content (AvgIpc) is 2.55. The highest BCUT2D eigenvalue weighted by molar-refractivity contribution is 7.93. The molecule has 5 nitrogen and oxygen atoms in total. The van der Waals surface area contributed by atoms with E-state index < -0.39 is 22.5 Å². The third-order valence-corrected chi connectivity index (χ3v) is 6.10. The zero-order valence-corrected chi connectivity index (χ0v) is 16.4. The Labute approximate surface area is 161 Å². The summed E-state index contributed by atoms with van der Waals surface area (Å²) < 4.78 is 31.8. The number of nitrogens with zero attached hydrogens (tertiary/aromatic N) is 1. The third-order valence-electron chi connectivity index (χ3n) is 3.39. The van der Waals surface area contributed by atoms with E-state index in [0.29, 0.717) is 10.6 Å². The largest absolute Gasteiger partial charge is 0.468 e. The van der Waals surface area contributed by atoms with Gasteiger partial charge >= 0.3 is 5.97 Å². The molecule has 0 saturated carbocycles. The lowest BCUT2D eigenvalue weighted by Gasteiger charge is -2.25. The summed E-state index contributed by atoms with van der Waals surface area (Å²) in [6, 6.07) is 8.72. The van der Waals surface area contributed by atoms with E-state index >= 15 is 0 Å². The van der Waals surface area contributed by atoms with E-state index in [-0.39, 0.29) is 20.6 Å². The van der Waals surface area contributed by atoms with Crippen molar-refractivity contribution in [3.63, 3.8) is 0 Å². The van der Waals surface area contributed by atoms with Crippen LogP contribution < -0.4 is 4.31 Å². The number of rotatable bonds is 5. The second-order valence-electron chi connectivity index (χ2n) is 5.09. The standard InChI is InChI=1S/C16H14Cl3NO4S/c1-10-7-11(17)4-6-14(10)20(9-16(21)24-2)25(22,23)15-8-12(18)3-5-13(15)19/h3-8H,9H2,1-2H3. The minimum absolute atomic E-state index is 0.00844. The first-order chi connectivity index (χ1) is 11.7. The van der Waals surface area contributed by atoms with Crippen LogP contribution in [0.2, 0.25) is 15.1 Å². The number of methoxy groups -OCH3 is 1. The average molecular weight is 423 g/mol. The SMILES string of the molecule is COC(=O)CN(c1ccc(Cl)cc1C)S(=O)(=O)c1cc(Cl)ccc1Cl. The van der Waals surface area contributed by atoms with Gasteiger partial charge in [-0.15, -0.1) is 0 Å². The lowest BCUT2D eigenvalue weighted by Crippen LogP contribution is -2.37. The molecule has 9 heteroatoms. The molecule has 0 amide bonds. The summed E-state index contributed by atoms with van der Waals surface area (Å²) in [5, 5.41) is 0.636. The molecule has 0 heterocycles. The van der Waals surface area contributed by atoms with E-state index in [0.717, 1.165) is 4.31 Å². The normalized spacial score (nSPS) is 11.2. The van der Waals surface area contributed by atoms with Crippen molar-refractivity contribution < 1.29 is 17.9 Å². The van der Waals surface area contributed by atoms with E-state index in [1.807, 2.05) is 0 Å². The maximum absolute atomic E-state index is 13.1. The highest BCUT2D eigenvalue weighted by Gasteiger charge is 2.30. The highest BCUT2D eigenvalue weighted by Crippen LogP contribution is 2.33. The van der Waals surface area contributed by atoms with Crippen LogP contribution in [0.3, 0.4) is 0 Å². The van der Waals surface area contributed by atoms with Crippen molar-refractivity contribution >= 4 is 56.5 Å². The molecule has 0 radical (unpaired) electrons. The van der Waals surface area contributed by atoms with Gasteiger partial charge in [-0.05, 0) is 48.9 Å². The zero-order valence-electron chi connectivity index (χ0n) is 13.3. The molecule has 2 aromatic carbocycles. The smallest absolute Gasteiger partial charge is 0.326 e. The Morgan fingerprint density at radius 3 is 2.28 bits per heavy atom. The maximum Gasteiger partial charge on any atom is 0.326 e. The first-order valence-electron chi connectivity index (χ1n) is 6.97. The molecule has 0 aliphatic rings. The van der Waals surface area contributed by atoms with Gasteiger partial charge in [0.05, 0.1) is 17.8 Å². The Morgan fingerprint density at radius 2 is 1.68 bits per heavy atom. The van der Waals surface area contributed by atoms with E-state index in [2.05, 4.69) is 4.74 Å². The van der Waals surface area contributed by atoms with Crippen molar-refractivity contribution in [2.75, 3.05) is 18.0 Å². The lowest BCUT2D eigenvalue weighted by atomic mass is 10.2. The number of anilines is 1. The number of sulfonamides is 1. The van der Waals surface area contributed by atoms with Gasteiger partial charge in [-0.3, -0.25) is 9.10 Å². The fraction of sp³-hybridized carbons (Fsp3) is 0.188. The molecule has 0 aliphatic carbocycles. The van der Waals surface area contributed by atoms with Gasteiger partial charge in [0.2, 0.25) is 0 Å². The molecule has 0 bridgehead atoms. The Morgan fingerprint density at radius 1 is 1.08 bits per heavy atom. The lowest BCUT2D eigenvalue weighted by molar-refractivity contribution is -0.138. The van der Waals surface area contributed by atoms with E-state index in [1.54, 1.807) is 13.0 Å². The zero-order chi connectivity index (χ0) is 18.8. The van der Waals surface area contributed by atoms with Gasteiger partial charge in [0.25, 0.3) is 10.0 Å². The van der Waals surface area contributed by atoms with Gasteiger partial charge < -0.3 is 4.74 Å².